The van der Waals surface area contributed by atoms with Gasteiger partial charge in [0.25, 0.3) is 11.8 Å². The van der Waals surface area contributed by atoms with E-state index in [0.29, 0.717) is 29.1 Å². The summed E-state index contributed by atoms with van der Waals surface area (Å²) in [6.07, 6.45) is 0. The number of carbonyl (C=O) groups is 3. The Labute approximate surface area is 174 Å². The van der Waals surface area contributed by atoms with E-state index in [9.17, 15) is 14.4 Å². The molecule has 2 N–H and O–H groups in total. The first-order valence-corrected chi connectivity index (χ1v) is 9.48. The van der Waals surface area contributed by atoms with E-state index < -0.39 is 5.91 Å². The SMILES string of the molecule is CC(=O)c1ccc(OCC(=O)Nc2ccccc2C(=O)NCc2ccccc2)cc1. The van der Waals surface area contributed by atoms with Crippen LogP contribution in [-0.2, 0) is 11.3 Å². The van der Waals surface area contributed by atoms with Gasteiger partial charge in [0.2, 0.25) is 0 Å². The molecule has 0 aliphatic carbocycles. The van der Waals surface area contributed by atoms with E-state index in [1.807, 2.05) is 30.3 Å². The van der Waals surface area contributed by atoms with Crippen molar-refractivity contribution >= 4 is 23.3 Å². The highest BCUT2D eigenvalue weighted by Gasteiger charge is 2.13. The molecule has 152 valence electrons. The highest BCUT2D eigenvalue weighted by Crippen LogP contribution is 2.16. The second-order valence-corrected chi connectivity index (χ2v) is 6.63. The molecule has 3 rings (SSSR count). The number of para-hydroxylation sites is 1. The first kappa shape index (κ1) is 20.8. The van der Waals surface area contributed by atoms with Crippen molar-refractivity contribution in [3.8, 4) is 5.75 Å². The van der Waals surface area contributed by atoms with Crippen molar-refractivity contribution in [2.45, 2.75) is 13.5 Å². The maximum Gasteiger partial charge on any atom is 0.262 e. The molecule has 0 unspecified atom stereocenters. The van der Waals surface area contributed by atoms with E-state index in [1.54, 1.807) is 48.5 Å². The molecule has 0 aromatic heterocycles. The Morgan fingerprint density at radius 3 is 2.20 bits per heavy atom. The minimum absolute atomic E-state index is 0.0403. The summed E-state index contributed by atoms with van der Waals surface area (Å²) in [4.78, 5) is 36.2. The van der Waals surface area contributed by atoms with E-state index in [-0.39, 0.29) is 18.3 Å². The van der Waals surface area contributed by atoms with Crippen molar-refractivity contribution in [1.82, 2.24) is 5.32 Å². The van der Waals surface area contributed by atoms with Crippen LogP contribution in [0, 0.1) is 0 Å². The summed E-state index contributed by atoms with van der Waals surface area (Å²) in [5.41, 5.74) is 2.33. The predicted molar refractivity (Wildman–Crippen MR) is 115 cm³/mol. The number of ketones is 1. The Morgan fingerprint density at radius 1 is 0.833 bits per heavy atom. The first-order valence-electron chi connectivity index (χ1n) is 9.48. The van der Waals surface area contributed by atoms with Crippen molar-refractivity contribution in [1.29, 1.82) is 0 Å². The number of amides is 2. The lowest BCUT2D eigenvalue weighted by molar-refractivity contribution is -0.118. The normalized spacial score (nSPS) is 10.2. The molecule has 0 heterocycles. The lowest BCUT2D eigenvalue weighted by Crippen LogP contribution is -2.26. The van der Waals surface area contributed by atoms with E-state index in [4.69, 9.17) is 4.74 Å². The molecule has 0 saturated heterocycles. The van der Waals surface area contributed by atoms with Crippen LogP contribution in [0.4, 0.5) is 5.69 Å². The van der Waals surface area contributed by atoms with Crippen LogP contribution in [0.2, 0.25) is 0 Å². The summed E-state index contributed by atoms with van der Waals surface area (Å²) in [5, 5.41) is 5.56. The lowest BCUT2D eigenvalue weighted by Gasteiger charge is -2.12. The van der Waals surface area contributed by atoms with Crippen molar-refractivity contribution in [2.75, 3.05) is 11.9 Å². The molecule has 3 aromatic carbocycles. The average molecular weight is 402 g/mol. The van der Waals surface area contributed by atoms with Gasteiger partial charge in [0.05, 0.1) is 11.3 Å². The van der Waals surface area contributed by atoms with Crippen LogP contribution >= 0.6 is 0 Å². The van der Waals surface area contributed by atoms with E-state index >= 15 is 0 Å². The van der Waals surface area contributed by atoms with Gasteiger partial charge in [-0.15, -0.1) is 0 Å². The number of anilines is 1. The Kier molecular flexibility index (Phi) is 6.95. The van der Waals surface area contributed by atoms with Gasteiger partial charge in [-0.1, -0.05) is 42.5 Å². The summed E-state index contributed by atoms with van der Waals surface area (Å²) in [7, 11) is 0. The molecule has 0 radical (unpaired) electrons. The van der Waals surface area contributed by atoms with E-state index in [2.05, 4.69) is 10.6 Å². The molecule has 0 aliphatic rings. The van der Waals surface area contributed by atoms with Crippen molar-refractivity contribution < 1.29 is 19.1 Å². The van der Waals surface area contributed by atoms with E-state index in [0.717, 1.165) is 5.56 Å². The van der Waals surface area contributed by atoms with Gasteiger partial charge in [0.1, 0.15) is 5.75 Å². The minimum atomic E-state index is -0.394. The number of hydrogen-bond acceptors (Lipinski definition) is 4. The Hall–Kier alpha value is -3.93. The van der Waals surface area contributed by atoms with Crippen LogP contribution in [0.1, 0.15) is 33.2 Å². The Morgan fingerprint density at radius 2 is 1.50 bits per heavy atom. The highest BCUT2D eigenvalue weighted by atomic mass is 16.5. The van der Waals surface area contributed by atoms with Crippen LogP contribution in [0.15, 0.2) is 78.9 Å². The fourth-order valence-electron chi connectivity index (χ4n) is 2.78. The fourth-order valence-corrected chi connectivity index (χ4v) is 2.78. The topological polar surface area (TPSA) is 84.5 Å². The van der Waals surface area contributed by atoms with Crippen molar-refractivity contribution in [3.05, 3.63) is 95.6 Å². The second kappa shape index (κ2) is 10.0. The monoisotopic (exact) mass is 402 g/mol. The average Bonchev–Trinajstić information content (AvgIpc) is 2.77. The van der Waals surface area contributed by atoms with Gasteiger partial charge >= 0.3 is 0 Å². The highest BCUT2D eigenvalue weighted by molar-refractivity contribution is 6.04. The van der Waals surface area contributed by atoms with Gasteiger partial charge in [0, 0.05) is 12.1 Å². The minimum Gasteiger partial charge on any atom is -0.484 e. The first-order chi connectivity index (χ1) is 14.5. The molecule has 30 heavy (non-hydrogen) atoms. The molecule has 0 atom stereocenters. The number of benzene rings is 3. The zero-order valence-electron chi connectivity index (χ0n) is 16.6. The molecular formula is C24H22N2O4. The lowest BCUT2D eigenvalue weighted by atomic mass is 10.1. The van der Waals surface area contributed by atoms with Gasteiger partial charge < -0.3 is 15.4 Å². The summed E-state index contributed by atoms with van der Waals surface area (Å²) < 4.78 is 5.46. The van der Waals surface area contributed by atoms with E-state index in [1.165, 1.54) is 6.92 Å². The Bertz CT molecular complexity index is 1030. The van der Waals surface area contributed by atoms with Crippen LogP contribution in [0.5, 0.6) is 5.75 Å². The molecule has 0 bridgehead atoms. The number of rotatable bonds is 8. The van der Waals surface area contributed by atoms with Gasteiger partial charge in [-0.2, -0.15) is 0 Å². The summed E-state index contributed by atoms with van der Waals surface area (Å²) in [6.45, 7) is 1.65. The predicted octanol–water partition coefficient (Wildman–Crippen LogP) is 3.84. The molecule has 0 spiro atoms. The van der Waals surface area contributed by atoms with Crippen LogP contribution in [-0.4, -0.2) is 24.2 Å². The second-order valence-electron chi connectivity index (χ2n) is 6.63. The fraction of sp³-hybridized carbons (Fsp3) is 0.125. The van der Waals surface area contributed by atoms with Gasteiger partial charge in [-0.05, 0) is 48.9 Å². The molecule has 0 fully saturated rings. The smallest absolute Gasteiger partial charge is 0.262 e. The summed E-state index contributed by atoms with van der Waals surface area (Å²) >= 11 is 0. The van der Waals surface area contributed by atoms with Gasteiger partial charge in [0.15, 0.2) is 12.4 Å². The number of nitrogens with one attached hydrogen (secondary N) is 2. The van der Waals surface area contributed by atoms with Crippen LogP contribution in [0.25, 0.3) is 0 Å². The number of hydrogen-bond donors (Lipinski definition) is 2. The maximum absolute atomic E-state index is 12.6. The third-order valence-electron chi connectivity index (χ3n) is 4.37. The molecule has 0 saturated carbocycles. The molecule has 0 aliphatic heterocycles. The molecule has 6 heteroatoms. The zero-order valence-corrected chi connectivity index (χ0v) is 16.6. The third-order valence-corrected chi connectivity index (χ3v) is 4.37. The zero-order chi connectivity index (χ0) is 21.3. The van der Waals surface area contributed by atoms with Gasteiger partial charge in [-0.3, -0.25) is 14.4 Å². The summed E-state index contributed by atoms with van der Waals surface area (Å²) in [6, 6.07) is 22.9. The summed E-state index contributed by atoms with van der Waals surface area (Å²) in [5.74, 6) is -0.241. The number of carbonyl (C=O) groups excluding carboxylic acids is 3. The molecule has 6 nitrogen and oxygen atoms in total. The van der Waals surface area contributed by atoms with Crippen molar-refractivity contribution in [2.24, 2.45) is 0 Å². The number of Topliss-reactive ketones (excluding diaryl/α,β-unsaturated/α-hetero) is 1. The molecular weight excluding hydrogens is 380 g/mol. The maximum atomic E-state index is 12.6. The third kappa shape index (κ3) is 5.78. The van der Waals surface area contributed by atoms with Crippen LogP contribution < -0.4 is 15.4 Å². The molecule has 3 aromatic rings. The van der Waals surface area contributed by atoms with Crippen LogP contribution in [0.3, 0.4) is 0 Å². The largest absolute Gasteiger partial charge is 0.484 e. The van der Waals surface area contributed by atoms with Gasteiger partial charge in [-0.25, -0.2) is 0 Å². The quantitative estimate of drug-likeness (QED) is 0.561. The Balaban J connectivity index is 1.57. The van der Waals surface area contributed by atoms with Crippen molar-refractivity contribution in [3.63, 3.8) is 0 Å². The standard InChI is InChI=1S/C24H22N2O4/c1-17(27)19-11-13-20(14-12-19)30-16-23(28)26-22-10-6-5-9-21(22)24(29)25-15-18-7-3-2-4-8-18/h2-14H,15-16H2,1H3,(H,25,29)(H,26,28). The number of ether oxygens (including phenoxy) is 1. The molecule has 2 amide bonds.